The van der Waals surface area contributed by atoms with Crippen molar-refractivity contribution in [2.24, 2.45) is 5.73 Å². The van der Waals surface area contributed by atoms with Crippen LogP contribution in [0.3, 0.4) is 0 Å². The zero-order valence-corrected chi connectivity index (χ0v) is 8.70. The fourth-order valence-electron chi connectivity index (χ4n) is 2.38. The summed E-state index contributed by atoms with van der Waals surface area (Å²) in [7, 11) is 0. The third-order valence-electron chi connectivity index (χ3n) is 3.14. The molecule has 0 spiro atoms. The molecule has 1 aliphatic rings. The van der Waals surface area contributed by atoms with Crippen LogP contribution in [0.15, 0.2) is 18.2 Å². The molecule has 1 aromatic carbocycles. The molecule has 15 heavy (non-hydrogen) atoms. The van der Waals surface area contributed by atoms with Crippen LogP contribution in [0.4, 0.5) is 5.69 Å². The van der Waals surface area contributed by atoms with Gasteiger partial charge in [-0.15, -0.1) is 0 Å². The van der Waals surface area contributed by atoms with E-state index in [1.807, 2.05) is 12.1 Å². The summed E-state index contributed by atoms with van der Waals surface area (Å²) in [6.45, 7) is 0. The highest BCUT2D eigenvalue weighted by Gasteiger charge is 2.21. The van der Waals surface area contributed by atoms with Gasteiger partial charge in [-0.05, 0) is 36.5 Å². The average Bonchev–Trinajstić information content (AvgIpc) is 2.70. The second kappa shape index (κ2) is 3.93. The van der Waals surface area contributed by atoms with Gasteiger partial charge in [0.15, 0.2) is 0 Å². The standard InChI is InChI=1S/C12H16N2O/c13-9-5-6-10(8-3-1-2-4-8)11(7-9)12(14)15/h5-8H,1-4,13H2,(H2,14,15). The number of hydrogen-bond donors (Lipinski definition) is 2. The van der Waals surface area contributed by atoms with E-state index < -0.39 is 0 Å². The van der Waals surface area contributed by atoms with Gasteiger partial charge in [-0.2, -0.15) is 0 Å². The number of anilines is 1. The monoisotopic (exact) mass is 204 g/mol. The van der Waals surface area contributed by atoms with Gasteiger partial charge < -0.3 is 11.5 Å². The Kier molecular flexibility index (Phi) is 2.62. The average molecular weight is 204 g/mol. The molecule has 0 radical (unpaired) electrons. The molecule has 1 aromatic rings. The van der Waals surface area contributed by atoms with Crippen LogP contribution >= 0.6 is 0 Å². The van der Waals surface area contributed by atoms with Crippen LogP contribution in [0.25, 0.3) is 0 Å². The van der Waals surface area contributed by atoms with Crippen molar-refractivity contribution in [1.82, 2.24) is 0 Å². The molecule has 0 unspecified atom stereocenters. The zero-order valence-electron chi connectivity index (χ0n) is 8.70. The van der Waals surface area contributed by atoms with E-state index >= 15 is 0 Å². The minimum Gasteiger partial charge on any atom is -0.399 e. The normalized spacial score (nSPS) is 16.8. The molecular weight excluding hydrogens is 188 g/mol. The fourth-order valence-corrected chi connectivity index (χ4v) is 2.38. The maximum Gasteiger partial charge on any atom is 0.249 e. The molecule has 1 amide bonds. The Morgan fingerprint density at radius 3 is 2.53 bits per heavy atom. The molecular formula is C12H16N2O. The molecule has 0 bridgehead atoms. The SMILES string of the molecule is NC(=O)c1cc(N)ccc1C1CCCC1. The molecule has 1 fully saturated rings. The Morgan fingerprint density at radius 2 is 1.93 bits per heavy atom. The summed E-state index contributed by atoms with van der Waals surface area (Å²) in [6, 6.07) is 5.49. The summed E-state index contributed by atoms with van der Waals surface area (Å²) >= 11 is 0. The second-order valence-electron chi connectivity index (χ2n) is 4.19. The summed E-state index contributed by atoms with van der Waals surface area (Å²) in [5.74, 6) is 0.123. The van der Waals surface area contributed by atoms with Crippen LogP contribution in [-0.4, -0.2) is 5.91 Å². The van der Waals surface area contributed by atoms with E-state index in [1.165, 1.54) is 12.8 Å². The molecule has 0 aliphatic heterocycles. The van der Waals surface area contributed by atoms with Crippen molar-refractivity contribution < 1.29 is 4.79 Å². The lowest BCUT2D eigenvalue weighted by molar-refractivity contribution is 0.0999. The summed E-state index contributed by atoms with van der Waals surface area (Å²) < 4.78 is 0. The summed E-state index contributed by atoms with van der Waals surface area (Å²) in [5, 5.41) is 0. The Bertz CT molecular complexity index is 381. The van der Waals surface area contributed by atoms with Gasteiger partial charge in [0.25, 0.3) is 0 Å². The molecule has 80 valence electrons. The first kappa shape index (κ1) is 10.0. The fraction of sp³-hybridized carbons (Fsp3) is 0.417. The number of nitrogens with two attached hydrogens (primary N) is 2. The molecule has 4 N–H and O–H groups in total. The number of nitrogen functional groups attached to an aromatic ring is 1. The highest BCUT2D eigenvalue weighted by atomic mass is 16.1. The highest BCUT2D eigenvalue weighted by Crippen LogP contribution is 2.36. The maximum atomic E-state index is 11.3. The first-order valence-electron chi connectivity index (χ1n) is 5.37. The lowest BCUT2D eigenvalue weighted by atomic mass is 9.92. The number of primary amides is 1. The van der Waals surface area contributed by atoms with Gasteiger partial charge in [-0.25, -0.2) is 0 Å². The van der Waals surface area contributed by atoms with Crippen molar-refractivity contribution in [1.29, 1.82) is 0 Å². The second-order valence-corrected chi connectivity index (χ2v) is 4.19. The van der Waals surface area contributed by atoms with E-state index in [1.54, 1.807) is 6.07 Å². The van der Waals surface area contributed by atoms with Crippen molar-refractivity contribution >= 4 is 11.6 Å². The zero-order chi connectivity index (χ0) is 10.8. The number of amides is 1. The van der Waals surface area contributed by atoms with Gasteiger partial charge in [0.2, 0.25) is 5.91 Å². The van der Waals surface area contributed by atoms with Crippen LogP contribution in [0.5, 0.6) is 0 Å². The molecule has 1 aliphatic carbocycles. The summed E-state index contributed by atoms with van der Waals surface area (Å²) in [5.41, 5.74) is 13.3. The number of carbonyl (C=O) groups excluding carboxylic acids is 1. The molecule has 0 atom stereocenters. The molecule has 0 heterocycles. The number of carbonyl (C=O) groups is 1. The van der Waals surface area contributed by atoms with Crippen LogP contribution in [0.2, 0.25) is 0 Å². The maximum absolute atomic E-state index is 11.3. The Labute approximate surface area is 89.5 Å². The van der Waals surface area contributed by atoms with Crippen LogP contribution in [-0.2, 0) is 0 Å². The van der Waals surface area contributed by atoms with Gasteiger partial charge in [0.1, 0.15) is 0 Å². The first-order chi connectivity index (χ1) is 7.18. The third kappa shape index (κ3) is 1.96. The van der Waals surface area contributed by atoms with Gasteiger partial charge in [-0.1, -0.05) is 18.9 Å². The lowest BCUT2D eigenvalue weighted by Gasteiger charge is -2.13. The largest absolute Gasteiger partial charge is 0.399 e. The first-order valence-corrected chi connectivity index (χ1v) is 5.37. The lowest BCUT2D eigenvalue weighted by Crippen LogP contribution is -2.15. The molecule has 3 heteroatoms. The van der Waals surface area contributed by atoms with Crippen molar-refractivity contribution in [3.8, 4) is 0 Å². The molecule has 3 nitrogen and oxygen atoms in total. The summed E-state index contributed by atoms with van der Waals surface area (Å²) in [4.78, 5) is 11.3. The van der Waals surface area contributed by atoms with Crippen molar-refractivity contribution in [2.45, 2.75) is 31.6 Å². The van der Waals surface area contributed by atoms with E-state index in [-0.39, 0.29) is 5.91 Å². The number of hydrogen-bond acceptors (Lipinski definition) is 2. The van der Waals surface area contributed by atoms with Crippen molar-refractivity contribution in [3.63, 3.8) is 0 Å². The minimum atomic E-state index is -0.371. The molecule has 0 aromatic heterocycles. The Balaban J connectivity index is 2.40. The summed E-state index contributed by atoms with van der Waals surface area (Å²) in [6.07, 6.45) is 4.80. The van der Waals surface area contributed by atoms with Crippen LogP contribution in [0, 0.1) is 0 Å². The number of rotatable bonds is 2. The Hall–Kier alpha value is -1.51. The van der Waals surface area contributed by atoms with Crippen LogP contribution in [0.1, 0.15) is 47.5 Å². The van der Waals surface area contributed by atoms with Crippen LogP contribution < -0.4 is 11.5 Å². The van der Waals surface area contributed by atoms with Crippen molar-refractivity contribution in [2.75, 3.05) is 5.73 Å². The van der Waals surface area contributed by atoms with E-state index in [4.69, 9.17) is 11.5 Å². The van der Waals surface area contributed by atoms with E-state index in [0.29, 0.717) is 17.2 Å². The van der Waals surface area contributed by atoms with Gasteiger partial charge in [-0.3, -0.25) is 4.79 Å². The predicted molar refractivity (Wildman–Crippen MR) is 60.6 cm³/mol. The van der Waals surface area contributed by atoms with E-state index in [9.17, 15) is 4.79 Å². The predicted octanol–water partition coefficient (Wildman–Crippen LogP) is 2.03. The van der Waals surface area contributed by atoms with Gasteiger partial charge in [0, 0.05) is 11.3 Å². The van der Waals surface area contributed by atoms with Gasteiger partial charge in [0.05, 0.1) is 0 Å². The molecule has 1 saturated carbocycles. The minimum absolute atomic E-state index is 0.371. The van der Waals surface area contributed by atoms with E-state index in [2.05, 4.69) is 0 Å². The smallest absolute Gasteiger partial charge is 0.249 e. The van der Waals surface area contributed by atoms with Crippen molar-refractivity contribution in [3.05, 3.63) is 29.3 Å². The number of benzene rings is 1. The third-order valence-corrected chi connectivity index (χ3v) is 3.14. The highest BCUT2D eigenvalue weighted by molar-refractivity contribution is 5.95. The topological polar surface area (TPSA) is 69.1 Å². The Morgan fingerprint density at radius 1 is 1.27 bits per heavy atom. The molecule has 0 saturated heterocycles. The quantitative estimate of drug-likeness (QED) is 0.723. The van der Waals surface area contributed by atoms with E-state index in [0.717, 1.165) is 18.4 Å². The molecule has 2 rings (SSSR count). The van der Waals surface area contributed by atoms with Gasteiger partial charge >= 0.3 is 0 Å².